The molecule has 0 radical (unpaired) electrons. The lowest BCUT2D eigenvalue weighted by atomic mass is 10.3. The number of hydrogen-bond donors (Lipinski definition) is 1. The van der Waals surface area contributed by atoms with Crippen LogP contribution in [0.25, 0.3) is 0 Å². The van der Waals surface area contributed by atoms with E-state index in [0.717, 1.165) is 18.9 Å². The van der Waals surface area contributed by atoms with Crippen LogP contribution < -0.4 is 15.0 Å². The lowest BCUT2D eigenvalue weighted by molar-refractivity contribution is -0.127. The summed E-state index contributed by atoms with van der Waals surface area (Å²) in [5.41, 5.74) is 0. The molecule has 1 atom stereocenters. The van der Waals surface area contributed by atoms with E-state index in [2.05, 4.69) is 20.2 Å². The summed E-state index contributed by atoms with van der Waals surface area (Å²) in [5.74, 6) is 2.03. The van der Waals surface area contributed by atoms with Gasteiger partial charge in [-0.2, -0.15) is 0 Å². The Balaban J connectivity index is 1.53. The molecule has 2 heterocycles. The number of para-hydroxylation sites is 1. The van der Waals surface area contributed by atoms with Gasteiger partial charge in [-0.3, -0.25) is 4.79 Å². The number of nitrogens with zero attached hydrogens (tertiary/aromatic N) is 3. The van der Waals surface area contributed by atoms with Crippen LogP contribution in [0.2, 0.25) is 0 Å². The van der Waals surface area contributed by atoms with Gasteiger partial charge >= 0.3 is 0 Å². The van der Waals surface area contributed by atoms with Gasteiger partial charge in [0.05, 0.1) is 6.54 Å². The van der Waals surface area contributed by atoms with Crippen LogP contribution in [0.3, 0.4) is 0 Å². The third kappa shape index (κ3) is 4.22. The van der Waals surface area contributed by atoms with Gasteiger partial charge in [0, 0.05) is 19.3 Å². The smallest absolute Gasteiger partial charge is 0.261 e. The fourth-order valence-corrected chi connectivity index (χ4v) is 2.66. The highest BCUT2D eigenvalue weighted by Gasteiger charge is 2.16. The Labute approximate surface area is 141 Å². The second kappa shape index (κ2) is 7.77. The van der Waals surface area contributed by atoms with Gasteiger partial charge in [0.15, 0.2) is 6.10 Å². The molecule has 1 aromatic carbocycles. The maximum atomic E-state index is 12.2. The topological polar surface area (TPSA) is 67.3 Å². The summed E-state index contributed by atoms with van der Waals surface area (Å²) >= 11 is 0. The van der Waals surface area contributed by atoms with Crippen molar-refractivity contribution in [2.24, 2.45) is 0 Å². The van der Waals surface area contributed by atoms with Crippen molar-refractivity contribution < 1.29 is 9.53 Å². The van der Waals surface area contributed by atoms with Crippen LogP contribution in [0.5, 0.6) is 5.75 Å². The molecule has 24 heavy (non-hydrogen) atoms. The number of hydrogen-bond acceptors (Lipinski definition) is 5. The average Bonchev–Trinajstić information content (AvgIpc) is 3.15. The summed E-state index contributed by atoms with van der Waals surface area (Å²) in [4.78, 5) is 23.2. The Morgan fingerprint density at radius 2 is 2.00 bits per heavy atom. The fraction of sp³-hybridized carbons (Fsp3) is 0.389. The van der Waals surface area contributed by atoms with E-state index in [-0.39, 0.29) is 5.91 Å². The molecule has 1 fully saturated rings. The van der Waals surface area contributed by atoms with E-state index in [1.165, 1.54) is 12.8 Å². The quantitative estimate of drug-likeness (QED) is 0.881. The highest BCUT2D eigenvalue weighted by atomic mass is 16.5. The lowest BCUT2D eigenvalue weighted by Gasteiger charge is -2.17. The normalized spacial score (nSPS) is 15.1. The maximum Gasteiger partial charge on any atom is 0.261 e. The van der Waals surface area contributed by atoms with E-state index in [4.69, 9.17) is 4.74 Å². The molecule has 0 spiro atoms. The van der Waals surface area contributed by atoms with Crippen LogP contribution in [0.1, 0.15) is 25.6 Å². The van der Waals surface area contributed by atoms with Crippen LogP contribution >= 0.6 is 0 Å². The van der Waals surface area contributed by atoms with E-state index >= 15 is 0 Å². The van der Waals surface area contributed by atoms with Gasteiger partial charge < -0.3 is 15.0 Å². The molecule has 1 aromatic heterocycles. The van der Waals surface area contributed by atoms with E-state index < -0.39 is 6.10 Å². The van der Waals surface area contributed by atoms with Gasteiger partial charge in [0.2, 0.25) is 0 Å². The van der Waals surface area contributed by atoms with Crippen LogP contribution in [-0.2, 0) is 11.3 Å². The molecular weight excluding hydrogens is 304 g/mol. The Kier molecular flexibility index (Phi) is 5.25. The molecule has 6 heteroatoms. The summed E-state index contributed by atoms with van der Waals surface area (Å²) in [6.07, 6.45) is 3.56. The zero-order chi connectivity index (χ0) is 16.8. The third-order valence-electron chi connectivity index (χ3n) is 3.97. The number of aromatic nitrogens is 2. The molecule has 0 aliphatic carbocycles. The summed E-state index contributed by atoms with van der Waals surface area (Å²) < 4.78 is 5.61. The van der Waals surface area contributed by atoms with Crippen LogP contribution in [-0.4, -0.2) is 35.1 Å². The molecule has 0 bridgehead atoms. The molecule has 3 rings (SSSR count). The summed E-state index contributed by atoms with van der Waals surface area (Å²) in [6, 6.07) is 11.2. The summed E-state index contributed by atoms with van der Waals surface area (Å²) in [5, 5.41) is 2.83. The van der Waals surface area contributed by atoms with Gasteiger partial charge in [-0.05, 0) is 38.0 Å². The van der Waals surface area contributed by atoms with Crippen molar-refractivity contribution in [1.82, 2.24) is 15.3 Å². The Morgan fingerprint density at radius 1 is 1.25 bits per heavy atom. The number of rotatable bonds is 6. The third-order valence-corrected chi connectivity index (χ3v) is 3.97. The molecule has 1 N–H and O–H groups in total. The van der Waals surface area contributed by atoms with E-state index in [0.29, 0.717) is 18.1 Å². The van der Waals surface area contributed by atoms with Gasteiger partial charge in [-0.1, -0.05) is 18.2 Å². The Bertz CT molecular complexity index is 672. The van der Waals surface area contributed by atoms with Crippen LogP contribution in [0.4, 0.5) is 5.82 Å². The number of nitrogens with one attached hydrogen (secondary N) is 1. The number of benzene rings is 1. The van der Waals surface area contributed by atoms with Gasteiger partial charge in [-0.25, -0.2) is 9.97 Å². The first-order valence-corrected chi connectivity index (χ1v) is 8.28. The van der Waals surface area contributed by atoms with Gasteiger partial charge in [-0.15, -0.1) is 0 Å². The standard InChI is InChI=1S/C18H22N4O2/c1-14(24-15-7-3-2-4-8-15)18(23)20-13-16-19-10-9-17(21-16)22-11-5-6-12-22/h2-4,7-10,14H,5-6,11-13H2,1H3,(H,20,23)/t14-/m1/s1. The summed E-state index contributed by atoms with van der Waals surface area (Å²) in [7, 11) is 0. The predicted molar refractivity (Wildman–Crippen MR) is 91.9 cm³/mol. The van der Waals surface area contributed by atoms with Crippen molar-refractivity contribution in [3.05, 3.63) is 48.4 Å². The zero-order valence-electron chi connectivity index (χ0n) is 13.8. The maximum absolute atomic E-state index is 12.2. The number of carbonyl (C=O) groups is 1. The highest BCUT2D eigenvalue weighted by Crippen LogP contribution is 2.17. The van der Waals surface area contributed by atoms with E-state index in [1.54, 1.807) is 13.1 Å². The molecule has 1 amide bonds. The second-order valence-corrected chi connectivity index (χ2v) is 5.82. The number of amides is 1. The largest absolute Gasteiger partial charge is 0.481 e. The molecule has 126 valence electrons. The molecule has 1 aliphatic rings. The first-order chi connectivity index (χ1) is 11.7. The Hall–Kier alpha value is -2.63. The average molecular weight is 326 g/mol. The molecule has 2 aromatic rings. The minimum Gasteiger partial charge on any atom is -0.481 e. The van der Waals surface area contributed by atoms with Crippen molar-refractivity contribution in [3.63, 3.8) is 0 Å². The van der Waals surface area contributed by atoms with Crippen molar-refractivity contribution in [2.45, 2.75) is 32.4 Å². The molecule has 0 unspecified atom stereocenters. The van der Waals surface area contributed by atoms with Gasteiger partial charge in [0.1, 0.15) is 17.4 Å². The molecular formula is C18H22N4O2. The SMILES string of the molecule is C[C@@H](Oc1ccccc1)C(=O)NCc1nccc(N2CCCC2)n1. The van der Waals surface area contributed by atoms with E-state index in [9.17, 15) is 4.79 Å². The molecule has 1 aliphatic heterocycles. The number of ether oxygens (including phenoxy) is 1. The first kappa shape index (κ1) is 16.2. The molecule has 6 nitrogen and oxygen atoms in total. The predicted octanol–water partition coefficient (Wildman–Crippen LogP) is 2.16. The minimum absolute atomic E-state index is 0.186. The number of anilines is 1. The van der Waals surface area contributed by atoms with Crippen LogP contribution in [0, 0.1) is 0 Å². The van der Waals surface area contributed by atoms with Crippen molar-refractivity contribution in [2.75, 3.05) is 18.0 Å². The lowest BCUT2D eigenvalue weighted by Crippen LogP contribution is -2.36. The highest BCUT2D eigenvalue weighted by molar-refractivity contribution is 5.80. The minimum atomic E-state index is -0.575. The van der Waals surface area contributed by atoms with Crippen molar-refractivity contribution in [3.8, 4) is 5.75 Å². The zero-order valence-corrected chi connectivity index (χ0v) is 13.8. The second-order valence-electron chi connectivity index (χ2n) is 5.82. The monoisotopic (exact) mass is 326 g/mol. The number of carbonyl (C=O) groups excluding carboxylic acids is 1. The molecule has 1 saturated heterocycles. The fourth-order valence-electron chi connectivity index (χ4n) is 2.66. The van der Waals surface area contributed by atoms with Crippen molar-refractivity contribution >= 4 is 11.7 Å². The molecule has 0 saturated carbocycles. The van der Waals surface area contributed by atoms with Crippen LogP contribution in [0.15, 0.2) is 42.6 Å². The summed E-state index contributed by atoms with van der Waals surface area (Å²) in [6.45, 7) is 4.09. The van der Waals surface area contributed by atoms with Crippen molar-refractivity contribution in [1.29, 1.82) is 0 Å². The first-order valence-electron chi connectivity index (χ1n) is 8.28. The van der Waals surface area contributed by atoms with E-state index in [1.807, 2.05) is 36.4 Å². The van der Waals surface area contributed by atoms with Gasteiger partial charge in [0.25, 0.3) is 5.91 Å². The Morgan fingerprint density at radius 3 is 2.75 bits per heavy atom.